The minimum absolute atomic E-state index is 0.535. The maximum absolute atomic E-state index is 11.6. The number of hydrogen-bond acceptors (Lipinski definition) is 3. The molecule has 0 saturated carbocycles. The molecule has 2 aromatic carbocycles. The zero-order valence-electron chi connectivity index (χ0n) is 11.3. The van der Waals surface area contributed by atoms with Crippen molar-refractivity contribution >= 4 is 5.97 Å². The average Bonchev–Trinajstić information content (AvgIpc) is 2.49. The monoisotopic (exact) mass is 268 g/mol. The highest BCUT2D eigenvalue weighted by molar-refractivity contribution is 5.81. The highest BCUT2D eigenvalue weighted by Gasteiger charge is 2.32. The molecule has 0 amide bonds. The zero-order chi connectivity index (χ0) is 14.4. The van der Waals surface area contributed by atoms with E-state index >= 15 is 0 Å². The maximum Gasteiger partial charge on any atom is 0.333 e. The van der Waals surface area contributed by atoms with Gasteiger partial charge in [-0.05, 0) is 12.1 Å². The van der Waals surface area contributed by atoms with Crippen LogP contribution in [0.3, 0.4) is 0 Å². The van der Waals surface area contributed by atoms with Crippen molar-refractivity contribution in [3.8, 4) is 5.75 Å². The number of ether oxygens (including phenoxy) is 2. The van der Waals surface area contributed by atoms with Crippen molar-refractivity contribution in [2.24, 2.45) is 0 Å². The Hall–Kier alpha value is -2.55. The molecule has 102 valence electrons. The fourth-order valence-corrected chi connectivity index (χ4v) is 1.83. The van der Waals surface area contributed by atoms with Gasteiger partial charge in [0, 0.05) is 18.6 Å². The molecule has 0 aliphatic carbocycles. The first-order valence-electron chi connectivity index (χ1n) is 6.29. The standard InChI is InChI=1S/C17H16O3/c1-3-16(18)20-17(2,14-10-6-4-7-11-14)19-15-12-8-5-9-13-15/h3-13H,1H2,2H3. The van der Waals surface area contributed by atoms with Crippen molar-refractivity contribution in [1.29, 1.82) is 0 Å². The van der Waals surface area contributed by atoms with E-state index in [1.807, 2.05) is 60.7 Å². The van der Waals surface area contributed by atoms with Crippen molar-refractivity contribution in [3.63, 3.8) is 0 Å². The Balaban J connectivity index is 2.33. The van der Waals surface area contributed by atoms with Gasteiger partial charge in [0.2, 0.25) is 0 Å². The third-order valence-electron chi connectivity index (χ3n) is 2.82. The van der Waals surface area contributed by atoms with Crippen molar-refractivity contribution in [2.75, 3.05) is 0 Å². The van der Waals surface area contributed by atoms with E-state index in [1.165, 1.54) is 0 Å². The summed E-state index contributed by atoms with van der Waals surface area (Å²) in [5, 5.41) is 0. The van der Waals surface area contributed by atoms with Crippen LogP contribution < -0.4 is 4.74 Å². The number of carbonyl (C=O) groups excluding carboxylic acids is 1. The summed E-state index contributed by atoms with van der Waals surface area (Å²) in [4.78, 5) is 11.6. The third-order valence-corrected chi connectivity index (χ3v) is 2.82. The fraction of sp³-hybridized carbons (Fsp3) is 0.118. The van der Waals surface area contributed by atoms with Crippen LogP contribution in [0.15, 0.2) is 73.3 Å². The summed E-state index contributed by atoms with van der Waals surface area (Å²) in [7, 11) is 0. The molecule has 0 radical (unpaired) electrons. The normalized spacial score (nSPS) is 13.1. The molecule has 0 aliphatic heterocycles. The number of carbonyl (C=O) groups is 1. The van der Waals surface area contributed by atoms with E-state index in [0.717, 1.165) is 11.6 Å². The van der Waals surface area contributed by atoms with Crippen molar-refractivity contribution in [3.05, 3.63) is 78.9 Å². The highest BCUT2D eigenvalue weighted by Crippen LogP contribution is 2.29. The van der Waals surface area contributed by atoms with Gasteiger partial charge in [0.25, 0.3) is 5.79 Å². The van der Waals surface area contributed by atoms with Gasteiger partial charge in [-0.1, -0.05) is 55.1 Å². The van der Waals surface area contributed by atoms with Gasteiger partial charge >= 0.3 is 5.97 Å². The molecular formula is C17H16O3. The number of para-hydroxylation sites is 1. The summed E-state index contributed by atoms with van der Waals surface area (Å²) < 4.78 is 11.3. The van der Waals surface area contributed by atoms with Crippen LogP contribution in [0.5, 0.6) is 5.75 Å². The van der Waals surface area contributed by atoms with E-state index in [2.05, 4.69) is 6.58 Å². The summed E-state index contributed by atoms with van der Waals surface area (Å²) >= 11 is 0. The minimum Gasteiger partial charge on any atom is -0.448 e. The van der Waals surface area contributed by atoms with Gasteiger partial charge in [-0.3, -0.25) is 0 Å². The predicted octanol–water partition coefficient (Wildman–Crippen LogP) is 3.67. The minimum atomic E-state index is -1.20. The molecule has 0 aliphatic rings. The van der Waals surface area contributed by atoms with Gasteiger partial charge in [0.15, 0.2) is 0 Å². The molecule has 0 fully saturated rings. The fourth-order valence-electron chi connectivity index (χ4n) is 1.83. The Morgan fingerprint density at radius 2 is 1.60 bits per heavy atom. The largest absolute Gasteiger partial charge is 0.448 e. The molecule has 2 aromatic rings. The van der Waals surface area contributed by atoms with E-state index in [4.69, 9.17) is 9.47 Å². The predicted molar refractivity (Wildman–Crippen MR) is 77.2 cm³/mol. The Morgan fingerprint density at radius 1 is 1.05 bits per heavy atom. The first kappa shape index (κ1) is 13.9. The summed E-state index contributed by atoms with van der Waals surface area (Å²) in [5.41, 5.74) is 0.749. The lowest BCUT2D eigenvalue weighted by atomic mass is 10.1. The van der Waals surface area contributed by atoms with Crippen LogP contribution in [-0.2, 0) is 15.3 Å². The molecule has 0 aromatic heterocycles. The van der Waals surface area contributed by atoms with Crippen molar-refractivity contribution in [1.82, 2.24) is 0 Å². The van der Waals surface area contributed by atoms with Crippen LogP contribution in [-0.4, -0.2) is 5.97 Å². The molecule has 0 saturated heterocycles. The molecule has 0 spiro atoms. The summed E-state index contributed by atoms with van der Waals surface area (Å²) in [6, 6.07) is 18.5. The summed E-state index contributed by atoms with van der Waals surface area (Å²) in [6.45, 7) is 5.12. The summed E-state index contributed by atoms with van der Waals surface area (Å²) in [6.07, 6.45) is 1.12. The molecule has 1 atom stereocenters. The van der Waals surface area contributed by atoms with Crippen LogP contribution >= 0.6 is 0 Å². The van der Waals surface area contributed by atoms with Crippen LogP contribution in [0.25, 0.3) is 0 Å². The van der Waals surface area contributed by atoms with Gasteiger partial charge < -0.3 is 9.47 Å². The van der Waals surface area contributed by atoms with Gasteiger partial charge in [-0.25, -0.2) is 4.79 Å². The molecular weight excluding hydrogens is 252 g/mol. The molecule has 2 rings (SSSR count). The molecule has 0 N–H and O–H groups in total. The molecule has 20 heavy (non-hydrogen) atoms. The van der Waals surface area contributed by atoms with Gasteiger partial charge in [0.1, 0.15) is 5.75 Å². The van der Waals surface area contributed by atoms with Gasteiger partial charge in [0.05, 0.1) is 0 Å². The molecule has 0 bridgehead atoms. The topological polar surface area (TPSA) is 35.5 Å². The maximum atomic E-state index is 11.6. The number of benzene rings is 2. The third kappa shape index (κ3) is 3.26. The van der Waals surface area contributed by atoms with Crippen LogP contribution in [0.2, 0.25) is 0 Å². The lowest BCUT2D eigenvalue weighted by Crippen LogP contribution is -2.34. The van der Waals surface area contributed by atoms with E-state index in [9.17, 15) is 4.79 Å². The van der Waals surface area contributed by atoms with Crippen LogP contribution in [0, 0.1) is 0 Å². The Bertz CT molecular complexity index is 578. The van der Waals surface area contributed by atoms with E-state index < -0.39 is 11.8 Å². The second-order valence-electron chi connectivity index (χ2n) is 4.35. The van der Waals surface area contributed by atoms with E-state index in [0.29, 0.717) is 5.75 Å². The summed E-state index contributed by atoms with van der Waals surface area (Å²) in [5.74, 6) is -1.11. The Kier molecular flexibility index (Phi) is 4.20. The van der Waals surface area contributed by atoms with Gasteiger partial charge in [-0.2, -0.15) is 0 Å². The highest BCUT2D eigenvalue weighted by atomic mass is 16.7. The Labute approximate surface area is 118 Å². The first-order chi connectivity index (χ1) is 9.64. The van der Waals surface area contributed by atoms with Gasteiger partial charge in [-0.15, -0.1) is 0 Å². The smallest absolute Gasteiger partial charge is 0.333 e. The lowest BCUT2D eigenvalue weighted by molar-refractivity contribution is -0.190. The SMILES string of the molecule is C=CC(=O)OC(C)(Oc1ccccc1)c1ccccc1. The second-order valence-corrected chi connectivity index (χ2v) is 4.35. The number of hydrogen-bond donors (Lipinski definition) is 0. The zero-order valence-corrected chi connectivity index (χ0v) is 11.3. The van der Waals surface area contributed by atoms with Crippen LogP contribution in [0.1, 0.15) is 12.5 Å². The van der Waals surface area contributed by atoms with Crippen molar-refractivity contribution < 1.29 is 14.3 Å². The second kappa shape index (κ2) is 6.06. The van der Waals surface area contributed by atoms with E-state index in [1.54, 1.807) is 6.92 Å². The first-order valence-corrected chi connectivity index (χ1v) is 6.29. The molecule has 3 nitrogen and oxygen atoms in total. The number of esters is 1. The molecule has 0 heterocycles. The van der Waals surface area contributed by atoms with Crippen LogP contribution in [0.4, 0.5) is 0 Å². The quantitative estimate of drug-likeness (QED) is 0.471. The Morgan fingerprint density at radius 3 is 2.15 bits per heavy atom. The number of rotatable bonds is 5. The van der Waals surface area contributed by atoms with E-state index in [-0.39, 0.29) is 0 Å². The van der Waals surface area contributed by atoms with Crippen molar-refractivity contribution in [2.45, 2.75) is 12.7 Å². The molecule has 3 heteroatoms. The lowest BCUT2D eigenvalue weighted by Gasteiger charge is -2.30. The average molecular weight is 268 g/mol. The molecule has 1 unspecified atom stereocenters.